The molecule has 0 aromatic heterocycles. The van der Waals surface area contributed by atoms with E-state index in [-0.39, 0.29) is 35.9 Å². The first-order valence-electron chi connectivity index (χ1n) is 16.2. The number of carbonyl (C=O) groups excluding carboxylic acids is 4. The predicted octanol–water partition coefficient (Wildman–Crippen LogP) is 2.62. The first-order valence-corrected chi connectivity index (χ1v) is 16.2. The quantitative estimate of drug-likeness (QED) is 0.163. The van der Waals surface area contributed by atoms with E-state index in [4.69, 9.17) is 33.2 Å². The van der Waals surface area contributed by atoms with Gasteiger partial charge in [0.2, 0.25) is 0 Å². The van der Waals surface area contributed by atoms with Gasteiger partial charge < -0.3 is 38.3 Å². The van der Waals surface area contributed by atoms with Gasteiger partial charge in [-0.25, -0.2) is 4.79 Å². The summed E-state index contributed by atoms with van der Waals surface area (Å²) in [6.07, 6.45) is 3.28. The highest BCUT2D eigenvalue weighted by Crippen LogP contribution is 2.70. The summed E-state index contributed by atoms with van der Waals surface area (Å²) in [7, 11) is 1.47. The fourth-order valence-electron chi connectivity index (χ4n) is 10.7. The van der Waals surface area contributed by atoms with E-state index in [9.17, 15) is 24.3 Å². The van der Waals surface area contributed by atoms with Gasteiger partial charge in [-0.05, 0) is 80.6 Å². The highest BCUT2D eigenvalue weighted by atomic mass is 16.7. The van der Waals surface area contributed by atoms with Crippen molar-refractivity contribution in [1.29, 1.82) is 0 Å². The second-order valence-electron chi connectivity index (χ2n) is 14.5. The average molecular weight is 635 g/mol. The summed E-state index contributed by atoms with van der Waals surface area (Å²) in [5, 5.41) is 12.7. The molecule has 0 aromatic carbocycles. The van der Waals surface area contributed by atoms with Gasteiger partial charge in [-0.1, -0.05) is 13.8 Å². The van der Waals surface area contributed by atoms with Crippen molar-refractivity contribution in [1.82, 2.24) is 0 Å². The molecule has 14 atom stereocenters. The monoisotopic (exact) mass is 634 g/mol. The molecule has 12 heteroatoms. The van der Waals surface area contributed by atoms with Crippen LogP contribution in [0.2, 0.25) is 0 Å². The minimum atomic E-state index is -1.05. The fraction of sp³-hybridized carbons (Fsp3) is 0.818. The zero-order valence-corrected chi connectivity index (χ0v) is 26.5. The Hall–Kier alpha value is -2.54. The normalized spacial score (nSPS) is 49.0. The van der Waals surface area contributed by atoms with Crippen LogP contribution >= 0.6 is 0 Å². The highest BCUT2D eigenvalue weighted by Gasteiger charge is 2.71. The topological polar surface area (TPSA) is 153 Å². The molecule has 12 nitrogen and oxygen atoms in total. The number of hydrogen-bond acceptors (Lipinski definition) is 12. The van der Waals surface area contributed by atoms with Crippen LogP contribution in [0, 0.1) is 34.5 Å². The lowest BCUT2D eigenvalue weighted by molar-refractivity contribution is -0.314. The minimum absolute atomic E-state index is 0.0258. The molecule has 6 rings (SSSR count). The number of ether oxygens (including phenoxy) is 7. The van der Waals surface area contributed by atoms with Crippen molar-refractivity contribution in [2.24, 2.45) is 34.5 Å². The van der Waals surface area contributed by atoms with E-state index in [2.05, 4.69) is 13.8 Å². The molecule has 45 heavy (non-hydrogen) atoms. The standard InChI is InChI=1S/C33H46O12/c1-18-27(42-16-35)28(39-4)29(43-17-36)30(44-18)45-21-7-9-31(2)20(12-21)5-6-23-22(31)8-10-32(3)26(19-11-25(37)40-14-19)24(41-15-34)13-33(23,32)38/h11,15-18,20-24,26-30,38H,5-10,12-14H2,1-4H3. The number of fused-ring (bicyclic) bond motifs is 5. The van der Waals surface area contributed by atoms with Crippen LogP contribution in [-0.4, -0.2) is 92.7 Å². The fourth-order valence-corrected chi connectivity index (χ4v) is 10.7. The van der Waals surface area contributed by atoms with Gasteiger partial charge in [0.1, 0.15) is 18.8 Å². The second kappa shape index (κ2) is 12.2. The zero-order chi connectivity index (χ0) is 32.1. The van der Waals surface area contributed by atoms with E-state index in [1.165, 1.54) is 13.2 Å². The van der Waals surface area contributed by atoms with Crippen molar-refractivity contribution < 1.29 is 57.4 Å². The van der Waals surface area contributed by atoms with Crippen molar-refractivity contribution in [3.63, 3.8) is 0 Å². The summed E-state index contributed by atoms with van der Waals surface area (Å²) in [6, 6.07) is 0. The van der Waals surface area contributed by atoms with Crippen LogP contribution < -0.4 is 0 Å². The molecule has 2 heterocycles. The first kappa shape index (κ1) is 32.4. The third-order valence-corrected chi connectivity index (χ3v) is 12.9. The molecule has 14 unspecified atom stereocenters. The maximum atomic E-state index is 12.7. The van der Waals surface area contributed by atoms with Gasteiger partial charge in [0.15, 0.2) is 18.5 Å². The number of carbonyl (C=O) groups is 4. The van der Waals surface area contributed by atoms with E-state index < -0.39 is 53.8 Å². The van der Waals surface area contributed by atoms with Crippen LogP contribution in [0.4, 0.5) is 0 Å². The van der Waals surface area contributed by atoms with Crippen molar-refractivity contribution in [2.75, 3.05) is 13.7 Å². The Morgan fingerprint density at radius 1 is 0.933 bits per heavy atom. The molecule has 6 aliphatic rings. The third-order valence-electron chi connectivity index (χ3n) is 12.9. The molecule has 4 aliphatic carbocycles. The molecular formula is C33H46O12. The molecule has 0 radical (unpaired) electrons. The van der Waals surface area contributed by atoms with Crippen LogP contribution in [0.25, 0.3) is 0 Å². The summed E-state index contributed by atoms with van der Waals surface area (Å²) >= 11 is 0. The highest BCUT2D eigenvalue weighted by molar-refractivity contribution is 5.85. The smallest absolute Gasteiger partial charge is 0.331 e. The molecule has 0 spiro atoms. The summed E-state index contributed by atoms with van der Waals surface area (Å²) in [5.41, 5.74) is -0.834. The largest absolute Gasteiger partial charge is 0.464 e. The molecule has 2 aliphatic heterocycles. The molecule has 5 fully saturated rings. The van der Waals surface area contributed by atoms with Crippen LogP contribution in [0.15, 0.2) is 11.6 Å². The molecule has 1 saturated heterocycles. The third kappa shape index (κ3) is 5.10. The Labute approximate surface area is 263 Å². The first-order chi connectivity index (χ1) is 21.5. The minimum Gasteiger partial charge on any atom is -0.464 e. The Kier molecular flexibility index (Phi) is 8.81. The summed E-state index contributed by atoms with van der Waals surface area (Å²) in [5.74, 6) is -0.0109. The molecule has 4 saturated carbocycles. The van der Waals surface area contributed by atoms with Crippen LogP contribution in [0.1, 0.15) is 72.1 Å². The Morgan fingerprint density at radius 2 is 1.67 bits per heavy atom. The van der Waals surface area contributed by atoms with Gasteiger partial charge in [-0.15, -0.1) is 0 Å². The van der Waals surface area contributed by atoms with Crippen LogP contribution in [0.5, 0.6) is 0 Å². The summed E-state index contributed by atoms with van der Waals surface area (Å²) in [4.78, 5) is 46.1. The molecule has 0 aromatic rings. The lowest BCUT2D eigenvalue weighted by Crippen LogP contribution is -2.63. The van der Waals surface area contributed by atoms with Crippen molar-refractivity contribution in [2.45, 2.75) is 121 Å². The lowest BCUT2D eigenvalue weighted by Gasteiger charge is -2.63. The molecule has 0 amide bonds. The number of esters is 1. The van der Waals surface area contributed by atoms with E-state index in [1.54, 1.807) is 6.92 Å². The van der Waals surface area contributed by atoms with Crippen LogP contribution in [-0.2, 0) is 52.3 Å². The van der Waals surface area contributed by atoms with E-state index in [1.807, 2.05) is 0 Å². The molecule has 250 valence electrons. The van der Waals surface area contributed by atoms with Crippen molar-refractivity contribution in [3.05, 3.63) is 11.6 Å². The van der Waals surface area contributed by atoms with E-state index in [0.717, 1.165) is 50.5 Å². The Morgan fingerprint density at radius 3 is 2.33 bits per heavy atom. The number of aliphatic hydroxyl groups is 1. The van der Waals surface area contributed by atoms with Crippen molar-refractivity contribution in [3.8, 4) is 0 Å². The SMILES string of the molecule is COC1C(OC=O)C(C)OC(OC2CCC3(C)C(CCC4C3CCC3(C)C(C5=CC(=O)OC5)C(OC=O)CC43O)C2)C1OC=O. The maximum absolute atomic E-state index is 12.7. The number of cyclic esters (lactones) is 1. The summed E-state index contributed by atoms with van der Waals surface area (Å²) < 4.78 is 39.6. The van der Waals surface area contributed by atoms with Gasteiger partial charge in [0.25, 0.3) is 19.4 Å². The number of rotatable bonds is 10. The maximum Gasteiger partial charge on any atom is 0.331 e. The van der Waals surface area contributed by atoms with Gasteiger partial charge in [-0.3, -0.25) is 14.4 Å². The molecular weight excluding hydrogens is 588 g/mol. The number of methoxy groups -OCH3 is 1. The molecule has 0 bridgehead atoms. The molecule has 1 N–H and O–H groups in total. The Bertz CT molecular complexity index is 1190. The van der Waals surface area contributed by atoms with Gasteiger partial charge in [-0.2, -0.15) is 0 Å². The number of hydrogen-bond donors (Lipinski definition) is 1. The van der Waals surface area contributed by atoms with Crippen molar-refractivity contribution >= 4 is 25.4 Å². The predicted molar refractivity (Wildman–Crippen MR) is 154 cm³/mol. The van der Waals surface area contributed by atoms with E-state index in [0.29, 0.717) is 31.8 Å². The summed E-state index contributed by atoms with van der Waals surface area (Å²) in [6.45, 7) is 7.52. The van der Waals surface area contributed by atoms with Gasteiger partial charge in [0, 0.05) is 30.9 Å². The van der Waals surface area contributed by atoms with E-state index >= 15 is 0 Å². The van der Waals surface area contributed by atoms with Crippen LogP contribution in [0.3, 0.4) is 0 Å². The lowest BCUT2D eigenvalue weighted by atomic mass is 9.43. The zero-order valence-electron chi connectivity index (χ0n) is 26.5. The second-order valence-corrected chi connectivity index (χ2v) is 14.5. The average Bonchev–Trinajstić information content (AvgIpc) is 3.52. The van der Waals surface area contributed by atoms with Gasteiger partial charge >= 0.3 is 5.97 Å². The van der Waals surface area contributed by atoms with Gasteiger partial charge in [0.05, 0.1) is 17.8 Å². The Balaban J connectivity index is 1.19.